The number of aromatic nitrogens is 1. The molecule has 2 aromatic rings. The first-order valence-electron chi connectivity index (χ1n) is 6.35. The molecule has 3 nitrogen and oxygen atoms in total. The summed E-state index contributed by atoms with van der Waals surface area (Å²) in [4.78, 5) is 3.24. The Balaban J connectivity index is 1.96. The van der Waals surface area contributed by atoms with E-state index in [-0.39, 0.29) is 11.6 Å². The van der Waals surface area contributed by atoms with E-state index in [9.17, 15) is 0 Å². The summed E-state index contributed by atoms with van der Waals surface area (Å²) < 4.78 is 6.01. The Morgan fingerprint density at radius 3 is 2.74 bits per heavy atom. The van der Waals surface area contributed by atoms with Crippen LogP contribution in [0.25, 0.3) is 16.7 Å². The highest BCUT2D eigenvalue weighted by Crippen LogP contribution is 2.34. The van der Waals surface area contributed by atoms with Crippen molar-refractivity contribution in [1.82, 2.24) is 10.3 Å². The van der Waals surface area contributed by atoms with E-state index in [0.717, 1.165) is 27.2 Å². The maximum atomic E-state index is 6.07. The van der Waals surface area contributed by atoms with Crippen molar-refractivity contribution in [3.05, 3.63) is 41.2 Å². The van der Waals surface area contributed by atoms with Crippen LogP contribution >= 0.6 is 11.6 Å². The smallest absolute Gasteiger partial charge is 0.174 e. The summed E-state index contributed by atoms with van der Waals surface area (Å²) in [5.41, 5.74) is 2.14. The largest absolute Gasteiger partial charge is 0.468 e. The summed E-state index contributed by atoms with van der Waals surface area (Å²) in [6.07, 6.45) is 3.88. The first-order valence-corrected chi connectivity index (χ1v) is 6.73. The minimum atomic E-state index is -0.00775. The number of ether oxygens (including phenoxy) is 1. The fraction of sp³-hybridized carbons (Fsp3) is 0.333. The number of rotatable bonds is 1. The highest BCUT2D eigenvalue weighted by atomic mass is 35.5. The Morgan fingerprint density at radius 2 is 2.05 bits per heavy atom. The molecule has 0 radical (unpaired) electrons. The van der Waals surface area contributed by atoms with Crippen molar-refractivity contribution in [2.75, 3.05) is 0 Å². The highest BCUT2D eigenvalue weighted by Gasteiger charge is 2.31. The molecule has 0 spiro atoms. The predicted octanol–water partition coefficient (Wildman–Crippen LogP) is 4.11. The van der Waals surface area contributed by atoms with Gasteiger partial charge in [-0.3, -0.25) is 0 Å². The third-order valence-corrected chi connectivity index (χ3v) is 3.54. The summed E-state index contributed by atoms with van der Waals surface area (Å²) in [5, 5.41) is 5.09. The molecule has 0 aliphatic carbocycles. The van der Waals surface area contributed by atoms with Crippen LogP contribution < -0.4 is 5.32 Å². The second-order valence-corrected chi connectivity index (χ2v) is 6.37. The first-order chi connectivity index (χ1) is 8.95. The molecule has 0 saturated heterocycles. The van der Waals surface area contributed by atoms with E-state index in [4.69, 9.17) is 16.3 Å². The van der Waals surface area contributed by atoms with Gasteiger partial charge in [-0.2, -0.15) is 0 Å². The van der Waals surface area contributed by atoms with E-state index >= 15 is 0 Å². The normalized spacial score (nSPS) is 19.2. The van der Waals surface area contributed by atoms with Gasteiger partial charge in [-0.25, -0.2) is 0 Å². The number of H-pyrrole nitrogens is 1. The van der Waals surface area contributed by atoms with Crippen LogP contribution in [0.4, 0.5) is 0 Å². The maximum Gasteiger partial charge on any atom is 0.174 e. The van der Waals surface area contributed by atoms with Crippen molar-refractivity contribution in [2.45, 2.75) is 27.0 Å². The summed E-state index contributed by atoms with van der Waals surface area (Å²) in [7, 11) is 0. The van der Waals surface area contributed by atoms with E-state index in [1.54, 1.807) is 0 Å². The quantitative estimate of drug-likeness (QED) is 0.822. The second kappa shape index (κ2) is 4.20. The van der Waals surface area contributed by atoms with E-state index in [0.29, 0.717) is 0 Å². The molecular formula is C15H17ClN2O. The van der Waals surface area contributed by atoms with E-state index in [1.165, 1.54) is 0 Å². The molecule has 19 heavy (non-hydrogen) atoms. The molecule has 1 aliphatic heterocycles. The topological polar surface area (TPSA) is 37.0 Å². The van der Waals surface area contributed by atoms with Crippen LogP contribution in [0.2, 0.25) is 5.02 Å². The Labute approximate surface area is 117 Å². The van der Waals surface area contributed by atoms with Crippen molar-refractivity contribution >= 4 is 28.3 Å². The molecule has 1 aromatic heterocycles. The molecule has 0 amide bonds. The molecule has 1 unspecified atom stereocenters. The summed E-state index contributed by atoms with van der Waals surface area (Å²) in [6, 6.07) is 5.81. The van der Waals surface area contributed by atoms with Crippen LogP contribution in [-0.4, -0.2) is 11.2 Å². The van der Waals surface area contributed by atoms with Gasteiger partial charge < -0.3 is 15.0 Å². The van der Waals surface area contributed by atoms with Gasteiger partial charge in [0.25, 0.3) is 0 Å². The lowest BCUT2D eigenvalue weighted by atomic mass is 9.94. The van der Waals surface area contributed by atoms with Gasteiger partial charge in [0.2, 0.25) is 0 Å². The summed E-state index contributed by atoms with van der Waals surface area (Å²) >= 11 is 6.07. The SMILES string of the molecule is CC(C)(C)C1NC=C(c2c[nH]c3ccc(Cl)cc23)O1. The van der Waals surface area contributed by atoms with Crippen molar-refractivity contribution in [3.63, 3.8) is 0 Å². The van der Waals surface area contributed by atoms with Crippen LogP contribution in [0.5, 0.6) is 0 Å². The second-order valence-electron chi connectivity index (χ2n) is 5.93. The van der Waals surface area contributed by atoms with Gasteiger partial charge in [-0.15, -0.1) is 0 Å². The van der Waals surface area contributed by atoms with Crippen molar-refractivity contribution in [3.8, 4) is 0 Å². The van der Waals surface area contributed by atoms with Crippen LogP contribution in [0.3, 0.4) is 0 Å². The number of halogens is 1. The molecule has 0 bridgehead atoms. The molecule has 3 rings (SSSR count). The number of aromatic amines is 1. The molecule has 1 atom stereocenters. The van der Waals surface area contributed by atoms with Crippen molar-refractivity contribution in [2.24, 2.45) is 5.41 Å². The van der Waals surface area contributed by atoms with Crippen LogP contribution in [0, 0.1) is 5.41 Å². The number of fused-ring (bicyclic) bond motifs is 1. The molecule has 4 heteroatoms. The van der Waals surface area contributed by atoms with Gasteiger partial charge in [-0.1, -0.05) is 32.4 Å². The Bertz CT molecular complexity index is 652. The monoisotopic (exact) mass is 276 g/mol. The van der Waals surface area contributed by atoms with Crippen LogP contribution in [0.15, 0.2) is 30.6 Å². The third kappa shape index (κ3) is 2.19. The Morgan fingerprint density at radius 1 is 1.26 bits per heavy atom. The maximum absolute atomic E-state index is 6.07. The van der Waals surface area contributed by atoms with Gasteiger partial charge in [0.05, 0.1) is 0 Å². The lowest BCUT2D eigenvalue weighted by Crippen LogP contribution is -2.35. The Kier molecular flexibility index (Phi) is 2.75. The molecule has 1 aliphatic rings. The van der Waals surface area contributed by atoms with Gasteiger partial charge in [0.1, 0.15) is 5.76 Å². The fourth-order valence-corrected chi connectivity index (χ4v) is 2.38. The standard InChI is InChI=1S/C15H17ClN2O/c1-15(2,3)14-18-8-13(19-14)11-7-17-12-5-4-9(16)6-10(11)12/h4-8,14,17-18H,1-3H3. The molecule has 1 aromatic carbocycles. The average molecular weight is 277 g/mol. The lowest BCUT2D eigenvalue weighted by Gasteiger charge is -2.26. The van der Waals surface area contributed by atoms with Crippen molar-refractivity contribution < 1.29 is 4.74 Å². The zero-order valence-corrected chi connectivity index (χ0v) is 12.0. The minimum Gasteiger partial charge on any atom is -0.468 e. The molecule has 0 fully saturated rings. The number of nitrogens with one attached hydrogen (secondary N) is 2. The van der Waals surface area contributed by atoms with Crippen LogP contribution in [-0.2, 0) is 4.74 Å². The van der Waals surface area contributed by atoms with E-state index in [1.807, 2.05) is 30.6 Å². The highest BCUT2D eigenvalue weighted by molar-refractivity contribution is 6.31. The minimum absolute atomic E-state index is 0.00775. The van der Waals surface area contributed by atoms with Gasteiger partial charge in [0, 0.05) is 39.3 Å². The molecule has 2 N–H and O–H groups in total. The number of hydrogen-bond donors (Lipinski definition) is 2. The predicted molar refractivity (Wildman–Crippen MR) is 78.7 cm³/mol. The third-order valence-electron chi connectivity index (χ3n) is 3.31. The molecule has 0 saturated carbocycles. The molecule has 2 heterocycles. The summed E-state index contributed by atoms with van der Waals surface area (Å²) in [5.74, 6) is 0.855. The lowest BCUT2D eigenvalue weighted by molar-refractivity contribution is 0.0622. The first kappa shape index (κ1) is 12.4. The van der Waals surface area contributed by atoms with Gasteiger partial charge >= 0.3 is 0 Å². The van der Waals surface area contributed by atoms with E-state index < -0.39 is 0 Å². The molecular weight excluding hydrogens is 260 g/mol. The zero-order valence-electron chi connectivity index (χ0n) is 11.3. The summed E-state index contributed by atoms with van der Waals surface area (Å²) in [6.45, 7) is 6.44. The molecule has 100 valence electrons. The number of hydrogen-bond acceptors (Lipinski definition) is 2. The number of benzene rings is 1. The zero-order chi connectivity index (χ0) is 13.6. The van der Waals surface area contributed by atoms with Crippen LogP contribution in [0.1, 0.15) is 26.3 Å². The average Bonchev–Trinajstić information content (AvgIpc) is 2.92. The van der Waals surface area contributed by atoms with E-state index in [2.05, 4.69) is 31.1 Å². The Hall–Kier alpha value is -1.61. The fourth-order valence-electron chi connectivity index (χ4n) is 2.21. The van der Waals surface area contributed by atoms with Gasteiger partial charge in [-0.05, 0) is 18.2 Å². The van der Waals surface area contributed by atoms with Crippen molar-refractivity contribution in [1.29, 1.82) is 0 Å². The van der Waals surface area contributed by atoms with Gasteiger partial charge in [0.15, 0.2) is 6.23 Å².